The molecule has 0 aromatic carbocycles. The van der Waals surface area contributed by atoms with Crippen LogP contribution in [0.25, 0.3) is 0 Å². The van der Waals surface area contributed by atoms with Gasteiger partial charge in [0.25, 0.3) is 0 Å². The van der Waals surface area contributed by atoms with Gasteiger partial charge in [0.1, 0.15) is 0 Å². The standard InChI is InChI=1S/C15H27N3O2/c1-8-18-12(4)14(10(2)16-18)11(3)17(9-13(19)20)15(5,6)7/h11H,8-9H2,1-7H3,(H,19,20). The van der Waals surface area contributed by atoms with Crippen molar-refractivity contribution in [2.75, 3.05) is 6.54 Å². The molecule has 0 fully saturated rings. The number of aliphatic carboxylic acids is 1. The molecule has 5 nitrogen and oxygen atoms in total. The molecule has 114 valence electrons. The Kier molecular flexibility index (Phi) is 4.97. The van der Waals surface area contributed by atoms with Crippen molar-refractivity contribution >= 4 is 5.97 Å². The Hall–Kier alpha value is -1.36. The summed E-state index contributed by atoms with van der Waals surface area (Å²) in [6.07, 6.45) is 0. The average molecular weight is 281 g/mol. The number of rotatable bonds is 5. The van der Waals surface area contributed by atoms with E-state index in [2.05, 4.69) is 25.9 Å². The average Bonchev–Trinajstić information content (AvgIpc) is 2.59. The summed E-state index contributed by atoms with van der Waals surface area (Å²) in [4.78, 5) is 13.2. The molecule has 0 amide bonds. The fraction of sp³-hybridized carbons (Fsp3) is 0.733. The van der Waals surface area contributed by atoms with Crippen LogP contribution < -0.4 is 0 Å². The Bertz CT molecular complexity index is 486. The zero-order valence-electron chi connectivity index (χ0n) is 13.7. The Morgan fingerprint density at radius 1 is 1.40 bits per heavy atom. The van der Waals surface area contributed by atoms with Crippen LogP contribution >= 0.6 is 0 Å². The van der Waals surface area contributed by atoms with Crippen LogP contribution in [0, 0.1) is 13.8 Å². The molecule has 1 unspecified atom stereocenters. The molecular weight excluding hydrogens is 254 g/mol. The van der Waals surface area contributed by atoms with Crippen molar-refractivity contribution in [3.63, 3.8) is 0 Å². The van der Waals surface area contributed by atoms with Gasteiger partial charge in [0, 0.05) is 29.4 Å². The van der Waals surface area contributed by atoms with Gasteiger partial charge in [0.15, 0.2) is 0 Å². The molecule has 1 atom stereocenters. The number of aryl methyl sites for hydroxylation is 2. The van der Waals surface area contributed by atoms with Gasteiger partial charge in [-0.2, -0.15) is 5.10 Å². The molecule has 20 heavy (non-hydrogen) atoms. The minimum atomic E-state index is -0.801. The van der Waals surface area contributed by atoms with Crippen molar-refractivity contribution in [3.05, 3.63) is 17.0 Å². The van der Waals surface area contributed by atoms with Crippen LogP contribution in [0.4, 0.5) is 0 Å². The summed E-state index contributed by atoms with van der Waals surface area (Å²) in [6, 6.07) is 0.0198. The Morgan fingerprint density at radius 2 is 1.95 bits per heavy atom. The lowest BCUT2D eigenvalue weighted by Crippen LogP contribution is -2.46. The topological polar surface area (TPSA) is 58.4 Å². The third-order valence-electron chi connectivity index (χ3n) is 3.79. The number of hydrogen-bond donors (Lipinski definition) is 1. The molecule has 0 bridgehead atoms. The molecule has 0 aliphatic rings. The Morgan fingerprint density at radius 3 is 2.30 bits per heavy atom. The predicted molar refractivity (Wildman–Crippen MR) is 79.9 cm³/mol. The number of carbonyl (C=O) groups is 1. The van der Waals surface area contributed by atoms with Gasteiger partial charge in [-0.05, 0) is 48.5 Å². The highest BCUT2D eigenvalue weighted by Crippen LogP contribution is 2.31. The van der Waals surface area contributed by atoms with E-state index in [9.17, 15) is 9.90 Å². The molecule has 5 heteroatoms. The maximum Gasteiger partial charge on any atom is 0.317 e. The van der Waals surface area contributed by atoms with Gasteiger partial charge >= 0.3 is 5.97 Å². The van der Waals surface area contributed by atoms with Gasteiger partial charge < -0.3 is 5.11 Å². The molecule has 0 aliphatic heterocycles. The quantitative estimate of drug-likeness (QED) is 0.901. The molecule has 0 aliphatic carbocycles. The summed E-state index contributed by atoms with van der Waals surface area (Å²) in [5, 5.41) is 13.7. The zero-order valence-corrected chi connectivity index (χ0v) is 13.7. The van der Waals surface area contributed by atoms with Crippen LogP contribution in [0.2, 0.25) is 0 Å². The number of carboxylic acids is 1. The highest BCUT2D eigenvalue weighted by Gasteiger charge is 2.31. The van der Waals surface area contributed by atoms with E-state index >= 15 is 0 Å². The SMILES string of the molecule is CCn1nc(C)c(C(C)N(CC(=O)O)C(C)(C)C)c1C. The summed E-state index contributed by atoms with van der Waals surface area (Å²) >= 11 is 0. The van der Waals surface area contributed by atoms with E-state index in [1.807, 2.05) is 37.3 Å². The van der Waals surface area contributed by atoms with Crippen LogP contribution in [0.3, 0.4) is 0 Å². The molecule has 0 radical (unpaired) electrons. The van der Waals surface area contributed by atoms with Crippen LogP contribution in [0.5, 0.6) is 0 Å². The van der Waals surface area contributed by atoms with E-state index in [-0.39, 0.29) is 18.1 Å². The third-order valence-corrected chi connectivity index (χ3v) is 3.79. The first-order valence-corrected chi connectivity index (χ1v) is 7.12. The van der Waals surface area contributed by atoms with Crippen LogP contribution in [-0.2, 0) is 11.3 Å². The molecule has 1 aromatic heterocycles. The Balaban J connectivity index is 3.22. The minimum absolute atomic E-state index is 0.0198. The second kappa shape index (κ2) is 5.95. The molecule has 0 saturated heterocycles. The first-order chi connectivity index (χ1) is 9.09. The van der Waals surface area contributed by atoms with Crippen LogP contribution in [0.15, 0.2) is 0 Å². The largest absolute Gasteiger partial charge is 0.480 e. The van der Waals surface area contributed by atoms with E-state index in [1.165, 1.54) is 0 Å². The maximum atomic E-state index is 11.2. The van der Waals surface area contributed by atoms with Crippen molar-refractivity contribution in [2.24, 2.45) is 0 Å². The fourth-order valence-corrected chi connectivity index (χ4v) is 2.88. The van der Waals surface area contributed by atoms with Gasteiger partial charge in [0.2, 0.25) is 0 Å². The predicted octanol–water partition coefficient (Wildman–Crippen LogP) is 2.77. The molecule has 1 rings (SSSR count). The highest BCUT2D eigenvalue weighted by molar-refractivity contribution is 5.69. The van der Waals surface area contributed by atoms with Crippen LogP contribution in [-0.4, -0.2) is 37.8 Å². The normalized spacial score (nSPS) is 13.8. The number of carboxylic acid groups (broad SMARTS) is 1. The van der Waals surface area contributed by atoms with E-state index < -0.39 is 5.97 Å². The van der Waals surface area contributed by atoms with Crippen molar-refractivity contribution in [1.82, 2.24) is 14.7 Å². The summed E-state index contributed by atoms with van der Waals surface area (Å²) < 4.78 is 1.97. The lowest BCUT2D eigenvalue weighted by atomic mass is 9.97. The Labute approximate surface area is 121 Å². The van der Waals surface area contributed by atoms with Gasteiger partial charge in [-0.25, -0.2) is 0 Å². The number of aromatic nitrogens is 2. The van der Waals surface area contributed by atoms with E-state index in [0.717, 1.165) is 23.5 Å². The van der Waals surface area contributed by atoms with Crippen molar-refractivity contribution in [3.8, 4) is 0 Å². The fourth-order valence-electron chi connectivity index (χ4n) is 2.88. The molecular formula is C15H27N3O2. The molecule has 1 aromatic rings. The lowest BCUT2D eigenvalue weighted by molar-refractivity contribution is -0.140. The van der Waals surface area contributed by atoms with Crippen molar-refractivity contribution < 1.29 is 9.90 Å². The van der Waals surface area contributed by atoms with Gasteiger partial charge in [-0.15, -0.1) is 0 Å². The van der Waals surface area contributed by atoms with E-state index in [1.54, 1.807) is 0 Å². The van der Waals surface area contributed by atoms with E-state index in [0.29, 0.717) is 0 Å². The summed E-state index contributed by atoms with van der Waals surface area (Å²) in [5.41, 5.74) is 3.03. The van der Waals surface area contributed by atoms with Gasteiger partial charge in [0.05, 0.1) is 12.2 Å². The van der Waals surface area contributed by atoms with Crippen LogP contribution in [0.1, 0.15) is 57.6 Å². The molecule has 0 spiro atoms. The van der Waals surface area contributed by atoms with Gasteiger partial charge in [-0.1, -0.05) is 0 Å². The second-order valence-electron chi connectivity index (χ2n) is 6.27. The number of hydrogen-bond acceptors (Lipinski definition) is 3. The lowest BCUT2D eigenvalue weighted by Gasteiger charge is -2.39. The molecule has 0 saturated carbocycles. The first kappa shape index (κ1) is 16.7. The third kappa shape index (κ3) is 3.39. The summed E-state index contributed by atoms with van der Waals surface area (Å²) in [5.74, 6) is -0.801. The maximum absolute atomic E-state index is 11.2. The second-order valence-corrected chi connectivity index (χ2v) is 6.27. The number of nitrogens with zero attached hydrogens (tertiary/aromatic N) is 3. The first-order valence-electron chi connectivity index (χ1n) is 7.12. The monoisotopic (exact) mass is 281 g/mol. The smallest absolute Gasteiger partial charge is 0.317 e. The molecule has 1 heterocycles. The van der Waals surface area contributed by atoms with Gasteiger partial charge in [-0.3, -0.25) is 14.4 Å². The van der Waals surface area contributed by atoms with Crippen molar-refractivity contribution in [2.45, 2.75) is 66.6 Å². The highest BCUT2D eigenvalue weighted by atomic mass is 16.4. The van der Waals surface area contributed by atoms with Crippen molar-refractivity contribution in [1.29, 1.82) is 0 Å². The molecule has 1 N–H and O–H groups in total. The summed E-state index contributed by atoms with van der Waals surface area (Å²) in [6.45, 7) is 15.2. The summed E-state index contributed by atoms with van der Waals surface area (Å²) in [7, 11) is 0. The minimum Gasteiger partial charge on any atom is -0.480 e. The zero-order chi connectivity index (χ0) is 15.7. The van der Waals surface area contributed by atoms with E-state index in [4.69, 9.17) is 0 Å².